The number of hydrogen-bond acceptors (Lipinski definition) is 8. The molecule has 1 aliphatic heterocycles. The van der Waals surface area contributed by atoms with Gasteiger partial charge in [0.25, 0.3) is 0 Å². The smallest absolute Gasteiger partial charge is 0.209 e. The molecule has 0 unspecified atom stereocenters. The fourth-order valence-electron chi connectivity index (χ4n) is 4.09. The van der Waals surface area contributed by atoms with Crippen LogP contribution in [0.5, 0.6) is 5.75 Å². The molecule has 1 saturated heterocycles. The van der Waals surface area contributed by atoms with Gasteiger partial charge in [-0.25, -0.2) is 14.5 Å². The molecule has 2 aliphatic rings. The van der Waals surface area contributed by atoms with Crippen LogP contribution in [0.4, 0.5) is 11.5 Å². The van der Waals surface area contributed by atoms with Gasteiger partial charge in [0.1, 0.15) is 17.0 Å². The zero-order valence-electron chi connectivity index (χ0n) is 17.7. The minimum absolute atomic E-state index is 0.259. The van der Waals surface area contributed by atoms with E-state index >= 15 is 0 Å². The molecule has 4 aromatic heterocycles. The van der Waals surface area contributed by atoms with Crippen molar-refractivity contribution in [2.75, 3.05) is 25.5 Å². The van der Waals surface area contributed by atoms with Gasteiger partial charge in [0.15, 0.2) is 5.75 Å². The summed E-state index contributed by atoms with van der Waals surface area (Å²) in [6, 6.07) is 3.99. The number of thiophene rings is 1. The number of aliphatic hydroxyl groups excluding tert-OH is 1. The first-order valence-corrected chi connectivity index (χ1v) is 11.4. The normalized spacial score (nSPS) is 15.6. The highest BCUT2D eigenvalue weighted by molar-refractivity contribution is 7.19. The molecule has 10 heteroatoms. The number of aryl methyl sites for hydroxylation is 2. The fraction of sp³-hybridized carbons (Fsp3) is 0.364. The number of ether oxygens (including phenoxy) is 1. The van der Waals surface area contributed by atoms with Gasteiger partial charge in [0, 0.05) is 24.2 Å². The Kier molecular flexibility index (Phi) is 5.62. The van der Waals surface area contributed by atoms with E-state index < -0.39 is 0 Å². The van der Waals surface area contributed by atoms with E-state index in [9.17, 15) is 4.79 Å². The van der Waals surface area contributed by atoms with E-state index in [1.165, 1.54) is 28.2 Å². The molecule has 1 aliphatic carbocycles. The van der Waals surface area contributed by atoms with E-state index in [0.29, 0.717) is 13.1 Å². The van der Waals surface area contributed by atoms with E-state index in [0.717, 1.165) is 52.2 Å². The number of aliphatic hydroxyl groups is 1. The number of pyridine rings is 1. The molecular formula is C22H24N6O3S. The quantitative estimate of drug-likeness (QED) is 0.459. The maximum atomic E-state index is 9.75. The summed E-state index contributed by atoms with van der Waals surface area (Å²) < 4.78 is 7.33. The van der Waals surface area contributed by atoms with Crippen LogP contribution in [0.15, 0.2) is 30.9 Å². The second-order valence-corrected chi connectivity index (χ2v) is 8.99. The van der Waals surface area contributed by atoms with Crippen molar-refractivity contribution in [3.8, 4) is 5.75 Å². The van der Waals surface area contributed by atoms with Crippen molar-refractivity contribution in [1.29, 1.82) is 0 Å². The Morgan fingerprint density at radius 3 is 2.88 bits per heavy atom. The Morgan fingerprint density at radius 1 is 1.28 bits per heavy atom. The summed E-state index contributed by atoms with van der Waals surface area (Å²) in [5, 5.41) is 17.4. The first-order chi connectivity index (χ1) is 15.7. The predicted molar refractivity (Wildman–Crippen MR) is 123 cm³/mol. The highest BCUT2D eigenvalue weighted by Gasteiger charge is 2.22. The lowest BCUT2D eigenvalue weighted by molar-refractivity contribution is -0.127. The molecule has 1 amide bonds. The molecule has 4 aromatic rings. The third-order valence-electron chi connectivity index (χ3n) is 5.76. The molecule has 0 radical (unpaired) electrons. The van der Waals surface area contributed by atoms with E-state index in [1.54, 1.807) is 35.5 Å². The predicted octanol–water partition coefficient (Wildman–Crippen LogP) is 2.79. The summed E-state index contributed by atoms with van der Waals surface area (Å²) >= 11 is 1.80. The lowest BCUT2D eigenvalue weighted by atomic mass is 9.97. The summed E-state index contributed by atoms with van der Waals surface area (Å²) in [5.41, 5.74) is 3.30. The first kappa shape index (κ1) is 20.7. The second-order valence-electron chi connectivity index (χ2n) is 7.91. The SMILES string of the molecule is COc1cn2nccc2cc1Nc1ncnc2sc3c(c12)CCCC3.O=CN1CC(O)C1. The minimum atomic E-state index is -0.259. The third kappa shape index (κ3) is 3.87. The van der Waals surface area contributed by atoms with Crippen molar-refractivity contribution in [1.82, 2.24) is 24.5 Å². The van der Waals surface area contributed by atoms with Crippen LogP contribution in [0.3, 0.4) is 0 Å². The Hall–Kier alpha value is -3.24. The fourth-order valence-corrected chi connectivity index (χ4v) is 5.32. The number of rotatable bonds is 4. The number of likely N-dealkylation sites (tertiary alicyclic amines) is 1. The van der Waals surface area contributed by atoms with Crippen LogP contribution in [-0.2, 0) is 17.6 Å². The minimum Gasteiger partial charge on any atom is -0.493 e. The average molecular weight is 453 g/mol. The van der Waals surface area contributed by atoms with Crippen molar-refractivity contribution >= 4 is 45.0 Å². The van der Waals surface area contributed by atoms with Gasteiger partial charge in [0.05, 0.1) is 36.0 Å². The van der Waals surface area contributed by atoms with Crippen molar-refractivity contribution in [3.63, 3.8) is 0 Å². The number of fused-ring (bicyclic) bond motifs is 4. The number of carbonyl (C=O) groups is 1. The molecule has 0 aromatic carbocycles. The summed E-state index contributed by atoms with van der Waals surface area (Å²) in [5.74, 6) is 1.58. The average Bonchev–Trinajstić information content (AvgIpc) is 3.41. The van der Waals surface area contributed by atoms with Crippen LogP contribution in [-0.4, -0.2) is 62.3 Å². The first-order valence-electron chi connectivity index (χ1n) is 10.6. The van der Waals surface area contributed by atoms with Gasteiger partial charge in [-0.1, -0.05) is 0 Å². The Morgan fingerprint density at radius 2 is 2.12 bits per heavy atom. The molecule has 1 fully saturated rings. The third-order valence-corrected chi connectivity index (χ3v) is 6.96. The number of hydrogen-bond donors (Lipinski definition) is 2. The highest BCUT2D eigenvalue weighted by atomic mass is 32.1. The molecule has 0 saturated carbocycles. The van der Waals surface area contributed by atoms with Gasteiger partial charge in [-0.3, -0.25) is 4.79 Å². The molecule has 9 nitrogen and oxygen atoms in total. The molecule has 6 rings (SSSR count). The van der Waals surface area contributed by atoms with Crippen molar-refractivity contribution in [2.24, 2.45) is 0 Å². The molecule has 2 N–H and O–H groups in total. The lowest BCUT2D eigenvalue weighted by Crippen LogP contribution is -2.49. The Labute approximate surface area is 188 Å². The topological polar surface area (TPSA) is 105 Å². The van der Waals surface area contributed by atoms with Crippen LogP contribution < -0.4 is 10.1 Å². The molecule has 0 bridgehead atoms. The number of anilines is 2. The number of amides is 1. The summed E-state index contributed by atoms with van der Waals surface area (Å²) in [6.45, 7) is 1.03. The van der Waals surface area contributed by atoms with Crippen LogP contribution in [0.1, 0.15) is 23.3 Å². The van der Waals surface area contributed by atoms with Crippen LogP contribution in [0.25, 0.3) is 15.7 Å². The van der Waals surface area contributed by atoms with Crippen molar-refractivity contribution in [2.45, 2.75) is 31.8 Å². The van der Waals surface area contributed by atoms with E-state index in [2.05, 4.69) is 20.4 Å². The molecule has 166 valence electrons. The largest absolute Gasteiger partial charge is 0.493 e. The van der Waals surface area contributed by atoms with E-state index in [4.69, 9.17) is 9.84 Å². The van der Waals surface area contributed by atoms with Gasteiger partial charge in [-0.15, -0.1) is 11.3 Å². The number of β-amino-alcohol motifs (C(OH)–C–C–N with tert-alkyl or cyclic N) is 1. The number of carbonyl (C=O) groups excluding carboxylic acids is 1. The van der Waals surface area contributed by atoms with Gasteiger partial charge < -0.3 is 20.1 Å². The van der Waals surface area contributed by atoms with Crippen LogP contribution in [0, 0.1) is 0 Å². The molecular weight excluding hydrogens is 428 g/mol. The summed E-state index contributed by atoms with van der Waals surface area (Å²) in [7, 11) is 1.66. The van der Waals surface area contributed by atoms with Crippen LogP contribution >= 0.6 is 11.3 Å². The van der Waals surface area contributed by atoms with Crippen LogP contribution in [0.2, 0.25) is 0 Å². The van der Waals surface area contributed by atoms with Gasteiger partial charge in [-0.2, -0.15) is 5.10 Å². The van der Waals surface area contributed by atoms with Gasteiger partial charge in [0.2, 0.25) is 6.41 Å². The molecule has 0 spiro atoms. The number of methoxy groups -OCH3 is 1. The molecule has 32 heavy (non-hydrogen) atoms. The van der Waals surface area contributed by atoms with E-state index in [1.807, 2.05) is 18.3 Å². The zero-order valence-corrected chi connectivity index (χ0v) is 18.5. The van der Waals surface area contributed by atoms with Gasteiger partial charge in [-0.05, 0) is 43.4 Å². The number of aromatic nitrogens is 4. The maximum Gasteiger partial charge on any atom is 0.209 e. The van der Waals surface area contributed by atoms with Gasteiger partial charge >= 0.3 is 0 Å². The highest BCUT2D eigenvalue weighted by Crippen LogP contribution is 2.39. The monoisotopic (exact) mass is 452 g/mol. The standard InChI is InChI=1S/C18H17N5OS.C4H7NO2/c1-24-14-9-23-11(6-7-21-23)8-13(14)22-17-16-12-4-2-3-5-15(12)25-18(16)20-10-19-17;6-3-5-1-4(7)2-5/h6-10H,2-5H2,1H3,(H,19,20,22);3-4,7H,1-2H2. The number of nitrogens with one attached hydrogen (secondary N) is 1. The Bertz CT molecular complexity index is 1260. The maximum absolute atomic E-state index is 9.75. The molecule has 5 heterocycles. The summed E-state index contributed by atoms with van der Waals surface area (Å²) in [6.07, 6.45) is 10.5. The second kappa shape index (κ2) is 8.71. The van der Waals surface area contributed by atoms with E-state index in [-0.39, 0.29) is 6.10 Å². The zero-order chi connectivity index (χ0) is 22.1. The Balaban J connectivity index is 0.000000265. The molecule has 0 atom stereocenters. The van der Waals surface area contributed by atoms with Crippen molar-refractivity contribution < 1.29 is 14.6 Å². The van der Waals surface area contributed by atoms with Crippen molar-refractivity contribution in [3.05, 3.63) is 41.3 Å². The lowest BCUT2D eigenvalue weighted by Gasteiger charge is -2.31. The number of nitrogens with zero attached hydrogens (tertiary/aromatic N) is 5. The summed E-state index contributed by atoms with van der Waals surface area (Å²) in [4.78, 5) is 22.8.